The van der Waals surface area contributed by atoms with Crippen LogP contribution in [0.1, 0.15) is 33.6 Å². The van der Waals surface area contributed by atoms with Gasteiger partial charge in [-0.2, -0.15) is 4.37 Å². The van der Waals surface area contributed by atoms with Crippen molar-refractivity contribution in [1.82, 2.24) is 9.27 Å². The highest BCUT2D eigenvalue weighted by molar-refractivity contribution is 7.13. The molecule has 5 nitrogen and oxygen atoms in total. The smallest absolute Gasteiger partial charge is 0.410 e. The SMILES string of the molecule is CC(C)(C)OC(=O)N1CCCC(Nc2nsc3ccccc23)C1. The van der Waals surface area contributed by atoms with Gasteiger partial charge >= 0.3 is 6.09 Å². The van der Waals surface area contributed by atoms with Crippen molar-refractivity contribution >= 4 is 33.5 Å². The average molecular weight is 333 g/mol. The van der Waals surface area contributed by atoms with E-state index in [0.29, 0.717) is 6.54 Å². The van der Waals surface area contributed by atoms with E-state index >= 15 is 0 Å². The largest absolute Gasteiger partial charge is 0.444 e. The van der Waals surface area contributed by atoms with Crippen LogP contribution in [0.25, 0.3) is 10.1 Å². The average Bonchev–Trinajstić information content (AvgIpc) is 2.89. The lowest BCUT2D eigenvalue weighted by atomic mass is 10.1. The van der Waals surface area contributed by atoms with E-state index < -0.39 is 5.60 Å². The summed E-state index contributed by atoms with van der Waals surface area (Å²) in [5.74, 6) is 0.918. The number of likely N-dealkylation sites (tertiary alicyclic amines) is 1. The van der Waals surface area contributed by atoms with Crippen LogP contribution >= 0.6 is 11.5 Å². The van der Waals surface area contributed by atoms with E-state index in [-0.39, 0.29) is 12.1 Å². The van der Waals surface area contributed by atoms with Crippen molar-refractivity contribution in [3.63, 3.8) is 0 Å². The second-order valence-electron chi connectivity index (χ2n) is 6.94. The number of aromatic nitrogens is 1. The number of anilines is 1. The molecule has 3 rings (SSSR count). The Bertz CT molecular complexity index is 692. The summed E-state index contributed by atoms with van der Waals surface area (Å²) in [5, 5.41) is 4.65. The van der Waals surface area contributed by atoms with Gasteiger partial charge in [0.25, 0.3) is 0 Å². The molecule has 1 amide bonds. The number of hydrogen-bond donors (Lipinski definition) is 1. The first kappa shape index (κ1) is 16.1. The van der Waals surface area contributed by atoms with Crippen molar-refractivity contribution in [3.8, 4) is 0 Å². The molecule has 0 bridgehead atoms. The maximum absolute atomic E-state index is 12.2. The van der Waals surface area contributed by atoms with E-state index in [1.165, 1.54) is 16.2 Å². The van der Waals surface area contributed by atoms with Crippen molar-refractivity contribution in [2.45, 2.75) is 45.3 Å². The molecule has 1 atom stereocenters. The number of amides is 1. The molecule has 1 aromatic carbocycles. The Kier molecular flexibility index (Phi) is 4.43. The van der Waals surface area contributed by atoms with Crippen LogP contribution in [0.5, 0.6) is 0 Å². The monoisotopic (exact) mass is 333 g/mol. The van der Waals surface area contributed by atoms with Crippen molar-refractivity contribution < 1.29 is 9.53 Å². The summed E-state index contributed by atoms with van der Waals surface area (Å²) in [7, 11) is 0. The van der Waals surface area contributed by atoms with E-state index in [1.54, 1.807) is 4.90 Å². The molecule has 1 saturated heterocycles. The van der Waals surface area contributed by atoms with Gasteiger partial charge < -0.3 is 15.0 Å². The fourth-order valence-corrected chi connectivity index (χ4v) is 3.51. The first-order valence-electron chi connectivity index (χ1n) is 8.01. The highest BCUT2D eigenvalue weighted by atomic mass is 32.1. The first-order chi connectivity index (χ1) is 10.9. The number of ether oxygens (including phenoxy) is 1. The van der Waals surface area contributed by atoms with Crippen LogP contribution in [0, 0.1) is 0 Å². The van der Waals surface area contributed by atoms with Gasteiger partial charge in [0.1, 0.15) is 11.4 Å². The van der Waals surface area contributed by atoms with Gasteiger partial charge in [-0.25, -0.2) is 4.79 Å². The number of piperidine rings is 1. The first-order valence-corrected chi connectivity index (χ1v) is 8.78. The molecule has 1 N–H and O–H groups in total. The number of nitrogens with zero attached hydrogens (tertiary/aromatic N) is 2. The molecule has 0 saturated carbocycles. The summed E-state index contributed by atoms with van der Waals surface area (Å²) in [6.07, 6.45) is 1.77. The normalized spacial score (nSPS) is 18.9. The van der Waals surface area contributed by atoms with Crippen LogP contribution in [0.4, 0.5) is 10.6 Å². The third kappa shape index (κ3) is 3.93. The molecule has 1 aliphatic heterocycles. The zero-order valence-corrected chi connectivity index (χ0v) is 14.7. The Morgan fingerprint density at radius 3 is 2.96 bits per heavy atom. The fraction of sp³-hybridized carbons (Fsp3) is 0.529. The van der Waals surface area contributed by atoms with Gasteiger partial charge in [0.15, 0.2) is 0 Å². The quantitative estimate of drug-likeness (QED) is 0.898. The summed E-state index contributed by atoms with van der Waals surface area (Å²) in [4.78, 5) is 14.0. The number of fused-ring (bicyclic) bond motifs is 1. The topological polar surface area (TPSA) is 54.5 Å². The molecule has 0 aliphatic carbocycles. The van der Waals surface area contributed by atoms with Gasteiger partial charge in [0.2, 0.25) is 0 Å². The van der Waals surface area contributed by atoms with Crippen molar-refractivity contribution in [2.75, 3.05) is 18.4 Å². The molecular formula is C17H23N3O2S. The van der Waals surface area contributed by atoms with E-state index in [4.69, 9.17) is 4.74 Å². The summed E-state index contributed by atoms with van der Waals surface area (Å²) >= 11 is 1.50. The third-order valence-corrected chi connectivity index (χ3v) is 4.62. The van der Waals surface area contributed by atoms with E-state index in [2.05, 4.69) is 21.8 Å². The molecule has 2 heterocycles. The van der Waals surface area contributed by atoms with Crippen molar-refractivity contribution in [2.24, 2.45) is 0 Å². The molecule has 1 aliphatic rings. The number of carbonyl (C=O) groups excluding carboxylic acids is 1. The summed E-state index contributed by atoms with van der Waals surface area (Å²) < 4.78 is 11.2. The molecule has 1 aromatic heterocycles. The lowest BCUT2D eigenvalue weighted by Crippen LogP contribution is -2.47. The van der Waals surface area contributed by atoms with E-state index in [1.807, 2.05) is 32.9 Å². The zero-order valence-electron chi connectivity index (χ0n) is 13.8. The molecule has 23 heavy (non-hydrogen) atoms. The minimum absolute atomic E-state index is 0.210. The molecule has 124 valence electrons. The summed E-state index contributed by atoms with van der Waals surface area (Å²) in [6.45, 7) is 7.09. The van der Waals surface area contributed by atoms with Crippen molar-refractivity contribution in [1.29, 1.82) is 0 Å². The molecule has 0 radical (unpaired) electrons. The Morgan fingerprint density at radius 2 is 2.17 bits per heavy atom. The van der Waals surface area contributed by atoms with Crippen LogP contribution < -0.4 is 5.32 Å². The van der Waals surface area contributed by atoms with Gasteiger partial charge in [-0.05, 0) is 57.3 Å². The molecule has 1 fully saturated rings. The summed E-state index contributed by atoms with van der Waals surface area (Å²) in [5.41, 5.74) is -0.456. The second-order valence-corrected chi connectivity index (χ2v) is 7.74. The van der Waals surface area contributed by atoms with Crippen LogP contribution in [0.2, 0.25) is 0 Å². The predicted octanol–water partition coefficient (Wildman–Crippen LogP) is 4.11. The van der Waals surface area contributed by atoms with Gasteiger partial charge in [-0.15, -0.1) is 0 Å². The molecule has 0 spiro atoms. The maximum atomic E-state index is 12.2. The van der Waals surface area contributed by atoms with Crippen LogP contribution in [-0.4, -0.2) is 40.1 Å². The number of carbonyl (C=O) groups is 1. The fourth-order valence-electron chi connectivity index (χ4n) is 2.77. The third-order valence-electron chi connectivity index (χ3n) is 3.79. The maximum Gasteiger partial charge on any atom is 0.410 e. The van der Waals surface area contributed by atoms with Crippen LogP contribution in [0.3, 0.4) is 0 Å². The van der Waals surface area contributed by atoms with E-state index in [0.717, 1.165) is 30.6 Å². The number of nitrogens with one attached hydrogen (secondary N) is 1. The molecular weight excluding hydrogens is 310 g/mol. The van der Waals surface area contributed by atoms with Crippen LogP contribution in [-0.2, 0) is 4.74 Å². The summed E-state index contributed by atoms with van der Waals surface area (Å²) in [6, 6.07) is 8.41. The Balaban J connectivity index is 1.66. The van der Waals surface area contributed by atoms with E-state index in [9.17, 15) is 4.79 Å². The standard InChI is InChI=1S/C17H23N3O2S/c1-17(2,3)22-16(21)20-10-6-7-12(11-20)18-15-13-8-4-5-9-14(13)23-19-15/h4-5,8-9,12H,6-7,10-11H2,1-3H3,(H,18,19). The zero-order chi connectivity index (χ0) is 16.4. The van der Waals surface area contributed by atoms with Gasteiger partial charge in [-0.1, -0.05) is 12.1 Å². The minimum atomic E-state index is -0.456. The van der Waals surface area contributed by atoms with Crippen molar-refractivity contribution in [3.05, 3.63) is 24.3 Å². The lowest BCUT2D eigenvalue weighted by Gasteiger charge is -2.34. The Hall–Kier alpha value is -1.82. The second kappa shape index (κ2) is 6.35. The highest BCUT2D eigenvalue weighted by Gasteiger charge is 2.28. The Morgan fingerprint density at radius 1 is 1.39 bits per heavy atom. The number of benzene rings is 1. The molecule has 1 unspecified atom stereocenters. The number of rotatable bonds is 2. The number of hydrogen-bond acceptors (Lipinski definition) is 5. The highest BCUT2D eigenvalue weighted by Crippen LogP contribution is 2.28. The molecule has 2 aromatic rings. The van der Waals surface area contributed by atoms with Crippen LogP contribution in [0.15, 0.2) is 24.3 Å². The Labute approximate surface area is 140 Å². The minimum Gasteiger partial charge on any atom is -0.444 e. The van der Waals surface area contributed by atoms with Gasteiger partial charge in [-0.3, -0.25) is 0 Å². The predicted molar refractivity (Wildman–Crippen MR) is 94.1 cm³/mol. The molecule has 6 heteroatoms. The van der Waals surface area contributed by atoms with Gasteiger partial charge in [0.05, 0.1) is 4.70 Å². The van der Waals surface area contributed by atoms with Gasteiger partial charge in [0, 0.05) is 24.5 Å². The lowest BCUT2D eigenvalue weighted by molar-refractivity contribution is 0.0206.